The minimum absolute atomic E-state index is 0.387. The number of hydrogen-bond acceptors (Lipinski definition) is 1. The highest BCUT2D eigenvalue weighted by Crippen LogP contribution is 2.34. The molecule has 0 atom stereocenters. The molecule has 1 aromatic carbocycles. The summed E-state index contributed by atoms with van der Waals surface area (Å²) >= 11 is 12.6. The normalized spacial score (nSPS) is 11.9. The van der Waals surface area contributed by atoms with E-state index >= 15 is 0 Å². The summed E-state index contributed by atoms with van der Waals surface area (Å²) in [7, 11) is 0. The van der Waals surface area contributed by atoms with Crippen LogP contribution < -0.4 is 5.73 Å². The third kappa shape index (κ3) is 7.76. The number of nitrogens with two attached hydrogens (primary N) is 1. The van der Waals surface area contributed by atoms with Gasteiger partial charge < -0.3 is 5.73 Å². The maximum absolute atomic E-state index is 6.44. The Bertz CT molecular complexity index is 477. The largest absolute Gasteiger partial charge is 0.322 e. The fourth-order valence-electron chi connectivity index (χ4n) is 3.23. The molecule has 1 nitrogen and oxygen atoms in total. The molecule has 0 unspecified atom stereocenters. The van der Waals surface area contributed by atoms with Crippen LogP contribution in [0.3, 0.4) is 0 Å². The van der Waals surface area contributed by atoms with E-state index in [0.717, 1.165) is 24.0 Å². The van der Waals surface area contributed by atoms with Crippen LogP contribution in [0.4, 0.5) is 0 Å². The average molecular weight is 372 g/mol. The van der Waals surface area contributed by atoms with Crippen molar-refractivity contribution in [3.05, 3.63) is 33.3 Å². The zero-order valence-electron chi connectivity index (χ0n) is 15.8. The van der Waals surface area contributed by atoms with Crippen LogP contribution in [0.25, 0.3) is 0 Å². The number of rotatable bonds is 12. The molecule has 0 bridgehead atoms. The molecular formula is C21H35Cl2N. The molecule has 0 amide bonds. The monoisotopic (exact) mass is 371 g/mol. The molecule has 3 heteroatoms. The van der Waals surface area contributed by atoms with Crippen molar-refractivity contribution in [1.29, 1.82) is 0 Å². The minimum Gasteiger partial charge on any atom is -0.322 e. The van der Waals surface area contributed by atoms with E-state index in [9.17, 15) is 0 Å². The lowest BCUT2D eigenvalue weighted by atomic mass is 9.88. The van der Waals surface area contributed by atoms with Crippen LogP contribution in [0.5, 0.6) is 0 Å². The molecule has 0 spiro atoms. The van der Waals surface area contributed by atoms with E-state index in [1.807, 2.05) is 26.0 Å². The smallest absolute Gasteiger partial charge is 0.0627 e. The Morgan fingerprint density at radius 3 is 1.83 bits per heavy atom. The van der Waals surface area contributed by atoms with Crippen molar-refractivity contribution >= 4 is 23.2 Å². The standard InChI is InChI=1S/C21H35Cl2N/c1-4-5-6-7-8-9-10-11-12-13-14-17-18(21(2,3)24)15-16-19(22)20(17)23/h15-16H,4-14,24H2,1-3H3. The summed E-state index contributed by atoms with van der Waals surface area (Å²) in [4.78, 5) is 0. The van der Waals surface area contributed by atoms with E-state index in [1.54, 1.807) is 0 Å². The van der Waals surface area contributed by atoms with Gasteiger partial charge in [-0.2, -0.15) is 0 Å². The van der Waals surface area contributed by atoms with E-state index in [2.05, 4.69) is 6.92 Å². The van der Waals surface area contributed by atoms with Gasteiger partial charge in [0.05, 0.1) is 10.0 Å². The highest BCUT2D eigenvalue weighted by atomic mass is 35.5. The number of halogens is 2. The molecule has 0 aliphatic rings. The molecule has 0 radical (unpaired) electrons. The van der Waals surface area contributed by atoms with Gasteiger partial charge in [0.25, 0.3) is 0 Å². The molecular weight excluding hydrogens is 337 g/mol. The molecule has 0 saturated heterocycles. The Balaban J connectivity index is 2.34. The molecule has 0 fully saturated rings. The molecule has 0 aliphatic heterocycles. The number of benzene rings is 1. The highest BCUT2D eigenvalue weighted by Gasteiger charge is 2.21. The number of hydrogen-bond donors (Lipinski definition) is 1. The SMILES string of the molecule is CCCCCCCCCCCCc1c(C(C)(C)N)ccc(Cl)c1Cl. The molecule has 24 heavy (non-hydrogen) atoms. The molecule has 138 valence electrons. The van der Waals surface area contributed by atoms with Crippen LogP contribution in [0.2, 0.25) is 10.0 Å². The molecule has 1 aromatic rings. The van der Waals surface area contributed by atoms with Gasteiger partial charge in [0.15, 0.2) is 0 Å². The quantitative estimate of drug-likeness (QED) is 0.375. The second kappa shape index (κ2) is 11.4. The predicted molar refractivity (Wildman–Crippen MR) is 109 cm³/mol. The van der Waals surface area contributed by atoms with Crippen LogP contribution >= 0.6 is 23.2 Å². The summed E-state index contributed by atoms with van der Waals surface area (Å²) < 4.78 is 0. The first-order valence-corrected chi connectivity index (χ1v) is 10.4. The molecule has 0 aliphatic carbocycles. The average Bonchev–Trinajstić information content (AvgIpc) is 2.51. The van der Waals surface area contributed by atoms with Gasteiger partial charge in [-0.1, -0.05) is 94.0 Å². The van der Waals surface area contributed by atoms with Crippen LogP contribution in [0.1, 0.15) is 96.1 Å². The Morgan fingerprint density at radius 1 is 0.833 bits per heavy atom. The van der Waals surface area contributed by atoms with Crippen molar-refractivity contribution < 1.29 is 0 Å². The maximum atomic E-state index is 6.44. The van der Waals surface area contributed by atoms with Gasteiger partial charge in [0.2, 0.25) is 0 Å². The van der Waals surface area contributed by atoms with Crippen molar-refractivity contribution in [3.8, 4) is 0 Å². The molecule has 1 rings (SSSR count). The zero-order chi connectivity index (χ0) is 18.0. The van der Waals surface area contributed by atoms with Gasteiger partial charge in [0, 0.05) is 5.54 Å². The van der Waals surface area contributed by atoms with Crippen LogP contribution in [0.15, 0.2) is 12.1 Å². The van der Waals surface area contributed by atoms with Gasteiger partial charge >= 0.3 is 0 Å². The van der Waals surface area contributed by atoms with Crippen molar-refractivity contribution in [1.82, 2.24) is 0 Å². The third-order valence-corrected chi connectivity index (χ3v) is 5.51. The van der Waals surface area contributed by atoms with Crippen molar-refractivity contribution in [2.45, 2.75) is 96.9 Å². The first-order chi connectivity index (χ1) is 11.4. The summed E-state index contributed by atoms with van der Waals surface area (Å²) in [5.41, 5.74) is 8.16. The lowest BCUT2D eigenvalue weighted by Gasteiger charge is -2.24. The first-order valence-electron chi connectivity index (χ1n) is 9.64. The molecule has 0 saturated carbocycles. The fourth-order valence-corrected chi connectivity index (χ4v) is 3.67. The Labute approximate surface area is 159 Å². The van der Waals surface area contributed by atoms with Gasteiger partial charge in [-0.15, -0.1) is 0 Å². The molecule has 2 N–H and O–H groups in total. The lowest BCUT2D eigenvalue weighted by molar-refractivity contribution is 0.538. The third-order valence-electron chi connectivity index (χ3n) is 4.67. The van der Waals surface area contributed by atoms with E-state index < -0.39 is 0 Å². The van der Waals surface area contributed by atoms with Crippen LogP contribution in [0, 0.1) is 0 Å². The van der Waals surface area contributed by atoms with Gasteiger partial charge in [-0.25, -0.2) is 0 Å². The summed E-state index contributed by atoms with van der Waals surface area (Å²) in [6, 6.07) is 3.88. The molecule has 0 heterocycles. The van der Waals surface area contributed by atoms with Crippen molar-refractivity contribution in [2.75, 3.05) is 0 Å². The zero-order valence-corrected chi connectivity index (χ0v) is 17.3. The van der Waals surface area contributed by atoms with E-state index in [1.165, 1.54) is 57.8 Å². The maximum Gasteiger partial charge on any atom is 0.0627 e. The van der Waals surface area contributed by atoms with Gasteiger partial charge in [0.1, 0.15) is 0 Å². The van der Waals surface area contributed by atoms with Crippen LogP contribution in [-0.2, 0) is 12.0 Å². The minimum atomic E-state index is -0.387. The van der Waals surface area contributed by atoms with Crippen molar-refractivity contribution in [2.24, 2.45) is 5.73 Å². The second-order valence-corrected chi connectivity index (χ2v) is 8.33. The number of unbranched alkanes of at least 4 members (excludes halogenated alkanes) is 9. The second-order valence-electron chi connectivity index (χ2n) is 7.54. The van der Waals surface area contributed by atoms with E-state index in [-0.39, 0.29) is 5.54 Å². The summed E-state index contributed by atoms with van der Waals surface area (Å²) in [6.45, 7) is 6.31. The fraction of sp³-hybridized carbons (Fsp3) is 0.714. The van der Waals surface area contributed by atoms with Crippen molar-refractivity contribution in [3.63, 3.8) is 0 Å². The lowest BCUT2D eigenvalue weighted by Crippen LogP contribution is -2.30. The summed E-state index contributed by atoms with van der Waals surface area (Å²) in [5, 5.41) is 1.32. The van der Waals surface area contributed by atoms with Gasteiger partial charge in [-0.3, -0.25) is 0 Å². The summed E-state index contributed by atoms with van der Waals surface area (Å²) in [6.07, 6.45) is 14.3. The Morgan fingerprint density at radius 2 is 1.33 bits per heavy atom. The van der Waals surface area contributed by atoms with Gasteiger partial charge in [-0.05, 0) is 43.9 Å². The molecule has 0 aromatic heterocycles. The van der Waals surface area contributed by atoms with E-state index in [0.29, 0.717) is 10.0 Å². The summed E-state index contributed by atoms with van der Waals surface area (Å²) in [5.74, 6) is 0. The van der Waals surface area contributed by atoms with E-state index in [4.69, 9.17) is 28.9 Å². The Kier molecular flexibility index (Phi) is 10.3. The topological polar surface area (TPSA) is 26.0 Å². The first kappa shape index (κ1) is 21.8. The highest BCUT2D eigenvalue weighted by molar-refractivity contribution is 6.42. The Hall–Kier alpha value is -0.240. The predicted octanol–water partition coefficient (Wildman–Crippen LogP) is 7.65. The van der Waals surface area contributed by atoms with Crippen LogP contribution in [-0.4, -0.2) is 0 Å².